The van der Waals surface area contributed by atoms with Gasteiger partial charge in [0.1, 0.15) is 6.04 Å². The number of alkyl halides is 6. The van der Waals surface area contributed by atoms with E-state index in [0.29, 0.717) is 28.2 Å². The van der Waals surface area contributed by atoms with Crippen LogP contribution in [0.3, 0.4) is 0 Å². The fraction of sp³-hybridized carbons (Fsp3) is 0.400. The summed E-state index contributed by atoms with van der Waals surface area (Å²) in [7, 11) is -1.52. The van der Waals surface area contributed by atoms with Gasteiger partial charge in [-0.25, -0.2) is 8.42 Å². The third kappa shape index (κ3) is 5.64. The number of anilines is 1. The largest absolute Gasteiger partial charge is 0.407 e. The van der Waals surface area contributed by atoms with Crippen molar-refractivity contribution in [3.8, 4) is 0 Å². The van der Waals surface area contributed by atoms with Gasteiger partial charge >= 0.3 is 12.4 Å². The molecular formula is C25H25F6N3O5S. The maximum atomic E-state index is 14.0. The zero-order valence-corrected chi connectivity index (χ0v) is 22.5. The number of carbonyl (C=O) groups excluding carboxylic acids is 3. The lowest BCUT2D eigenvalue weighted by Gasteiger charge is -2.38. The van der Waals surface area contributed by atoms with E-state index in [1.807, 2.05) is 0 Å². The molecule has 0 spiro atoms. The van der Waals surface area contributed by atoms with Gasteiger partial charge in [-0.2, -0.15) is 26.3 Å². The molecule has 40 heavy (non-hydrogen) atoms. The van der Waals surface area contributed by atoms with Crippen LogP contribution in [0.4, 0.5) is 32.0 Å². The van der Waals surface area contributed by atoms with Gasteiger partial charge in [0.05, 0.1) is 11.3 Å². The lowest BCUT2D eigenvalue weighted by Crippen LogP contribution is -2.56. The SMILES string of the molecule is CC(=O)N1Cc2cc(S(C)(=O)=O)ccc2C1C(=O)Nc1ccc(C(CC(=O)N(C)C)(C(F)(F)F)C(F)(F)F)cc1. The molecule has 0 saturated carbocycles. The standard InChI is InChI=1S/C25H25F6N3O5S/c1-14(35)34-13-15-11-18(40(4,38)39)9-10-19(15)21(34)22(37)32-17-7-5-16(6-8-17)23(24(26,27)28,25(29,30)31)12-20(36)33(2)3/h5-11,21H,12-13H2,1-4H3,(H,32,37). The molecule has 1 aliphatic rings. The van der Waals surface area contributed by atoms with Crippen LogP contribution in [0, 0.1) is 0 Å². The van der Waals surface area contributed by atoms with Crippen LogP contribution in [-0.4, -0.2) is 68.6 Å². The van der Waals surface area contributed by atoms with E-state index in [9.17, 15) is 49.1 Å². The van der Waals surface area contributed by atoms with Crippen molar-refractivity contribution < 1.29 is 49.1 Å². The molecule has 15 heteroatoms. The van der Waals surface area contributed by atoms with E-state index < -0.39 is 63.4 Å². The van der Waals surface area contributed by atoms with Crippen LogP contribution in [0.2, 0.25) is 0 Å². The van der Waals surface area contributed by atoms with E-state index in [4.69, 9.17) is 0 Å². The summed E-state index contributed by atoms with van der Waals surface area (Å²) in [4.78, 5) is 39.2. The van der Waals surface area contributed by atoms with Crippen molar-refractivity contribution >= 4 is 33.2 Å². The minimum absolute atomic E-state index is 0.0306. The van der Waals surface area contributed by atoms with E-state index in [-0.39, 0.29) is 17.1 Å². The number of carbonyl (C=O) groups is 3. The summed E-state index contributed by atoms with van der Waals surface area (Å²) >= 11 is 0. The number of hydrogen-bond donors (Lipinski definition) is 1. The minimum Gasteiger partial charge on any atom is -0.349 e. The average Bonchev–Trinajstić information content (AvgIpc) is 3.20. The first-order chi connectivity index (χ1) is 18.2. The number of nitrogens with one attached hydrogen (secondary N) is 1. The second-order valence-corrected chi connectivity index (χ2v) is 11.6. The number of rotatable bonds is 6. The number of halogens is 6. The molecule has 1 N–H and O–H groups in total. The normalized spacial score (nSPS) is 15.9. The highest BCUT2D eigenvalue weighted by Crippen LogP contribution is 2.54. The van der Waals surface area contributed by atoms with Crippen LogP contribution in [0.5, 0.6) is 0 Å². The third-order valence-corrected chi connectivity index (χ3v) is 7.78. The van der Waals surface area contributed by atoms with Crippen LogP contribution in [0.15, 0.2) is 47.4 Å². The molecule has 2 aromatic carbocycles. The Hall–Kier alpha value is -3.62. The number of amides is 3. The van der Waals surface area contributed by atoms with Gasteiger partial charge in [0.15, 0.2) is 15.3 Å². The Bertz CT molecular complexity index is 1420. The third-order valence-electron chi connectivity index (χ3n) is 6.67. The second kappa shape index (κ2) is 10.4. The number of benzene rings is 2. The zero-order valence-electron chi connectivity index (χ0n) is 21.6. The molecule has 2 aromatic rings. The number of hydrogen-bond acceptors (Lipinski definition) is 5. The number of fused-ring (bicyclic) bond motifs is 1. The van der Waals surface area contributed by atoms with Gasteiger partial charge < -0.3 is 15.1 Å². The van der Waals surface area contributed by atoms with E-state index in [2.05, 4.69) is 5.32 Å². The summed E-state index contributed by atoms with van der Waals surface area (Å²) in [5, 5.41) is 2.38. The summed E-state index contributed by atoms with van der Waals surface area (Å²) in [6.45, 7) is 1.09. The Morgan fingerprint density at radius 2 is 1.52 bits per heavy atom. The van der Waals surface area contributed by atoms with Gasteiger partial charge in [0.2, 0.25) is 11.8 Å². The quantitative estimate of drug-likeness (QED) is 0.511. The molecule has 1 aliphatic heterocycles. The Balaban J connectivity index is 1.98. The molecule has 218 valence electrons. The smallest absolute Gasteiger partial charge is 0.349 e. The molecule has 0 fully saturated rings. The Morgan fingerprint density at radius 1 is 0.975 bits per heavy atom. The second-order valence-electron chi connectivity index (χ2n) is 9.61. The van der Waals surface area contributed by atoms with Gasteiger partial charge in [-0.05, 0) is 41.0 Å². The summed E-state index contributed by atoms with van der Waals surface area (Å²) in [6.07, 6.45) is -12.7. The molecule has 3 rings (SSSR count). The van der Waals surface area contributed by atoms with Crippen LogP contribution >= 0.6 is 0 Å². The monoisotopic (exact) mass is 593 g/mol. The number of sulfone groups is 1. The molecule has 8 nitrogen and oxygen atoms in total. The molecular weight excluding hydrogens is 568 g/mol. The summed E-state index contributed by atoms with van der Waals surface area (Å²) < 4.78 is 108. The Kier molecular flexibility index (Phi) is 8.05. The lowest BCUT2D eigenvalue weighted by atomic mass is 9.75. The summed E-state index contributed by atoms with van der Waals surface area (Å²) in [5.74, 6) is -2.75. The van der Waals surface area contributed by atoms with E-state index in [1.54, 1.807) is 0 Å². The van der Waals surface area contributed by atoms with Crippen molar-refractivity contribution in [2.75, 3.05) is 25.7 Å². The van der Waals surface area contributed by atoms with Gasteiger partial charge in [-0.3, -0.25) is 14.4 Å². The summed E-state index contributed by atoms with van der Waals surface area (Å²) in [5.41, 5.74) is -5.22. The van der Waals surface area contributed by atoms with E-state index in [0.717, 1.165) is 37.4 Å². The van der Waals surface area contributed by atoms with Crippen molar-refractivity contribution in [2.24, 2.45) is 0 Å². The van der Waals surface area contributed by atoms with Crippen LogP contribution < -0.4 is 5.32 Å². The first-order valence-corrected chi connectivity index (χ1v) is 13.4. The first kappa shape index (κ1) is 30.9. The van der Waals surface area contributed by atoms with Crippen LogP contribution in [-0.2, 0) is 36.2 Å². The van der Waals surface area contributed by atoms with Gasteiger partial charge in [0, 0.05) is 39.5 Å². The van der Waals surface area contributed by atoms with Crippen molar-refractivity contribution in [1.29, 1.82) is 0 Å². The average molecular weight is 594 g/mol. The highest BCUT2D eigenvalue weighted by molar-refractivity contribution is 7.90. The highest BCUT2D eigenvalue weighted by Gasteiger charge is 2.72. The van der Waals surface area contributed by atoms with E-state index in [1.165, 1.54) is 25.1 Å². The molecule has 3 amide bonds. The highest BCUT2D eigenvalue weighted by atomic mass is 32.2. The molecule has 0 radical (unpaired) electrons. The van der Waals surface area contributed by atoms with Gasteiger partial charge in [-0.15, -0.1) is 0 Å². The lowest BCUT2D eigenvalue weighted by molar-refractivity contribution is -0.304. The Morgan fingerprint density at radius 3 is 1.98 bits per heavy atom. The molecule has 0 aromatic heterocycles. The van der Waals surface area contributed by atoms with Crippen LogP contribution in [0.1, 0.15) is 36.1 Å². The van der Waals surface area contributed by atoms with Gasteiger partial charge in [-0.1, -0.05) is 18.2 Å². The molecule has 0 saturated heterocycles. The molecule has 0 aliphatic carbocycles. The Labute approximate surface area is 225 Å². The maximum Gasteiger partial charge on any atom is 0.407 e. The molecule has 1 unspecified atom stereocenters. The van der Waals surface area contributed by atoms with Crippen molar-refractivity contribution in [1.82, 2.24) is 9.80 Å². The van der Waals surface area contributed by atoms with Crippen molar-refractivity contribution in [3.05, 3.63) is 59.2 Å². The van der Waals surface area contributed by atoms with Gasteiger partial charge in [0.25, 0.3) is 5.91 Å². The predicted molar refractivity (Wildman–Crippen MR) is 131 cm³/mol. The molecule has 1 atom stereocenters. The van der Waals surface area contributed by atoms with Crippen molar-refractivity contribution in [2.45, 2.75) is 48.6 Å². The zero-order chi connectivity index (χ0) is 30.4. The topological polar surface area (TPSA) is 104 Å². The van der Waals surface area contributed by atoms with E-state index >= 15 is 0 Å². The minimum atomic E-state index is -5.89. The van der Waals surface area contributed by atoms with Crippen molar-refractivity contribution in [3.63, 3.8) is 0 Å². The molecule has 1 heterocycles. The first-order valence-electron chi connectivity index (χ1n) is 11.6. The number of nitrogens with zero attached hydrogens (tertiary/aromatic N) is 2. The van der Waals surface area contributed by atoms with Crippen LogP contribution in [0.25, 0.3) is 0 Å². The predicted octanol–water partition coefficient (Wildman–Crippen LogP) is 3.97. The summed E-state index contributed by atoms with van der Waals surface area (Å²) in [6, 6.07) is 5.45. The molecule has 0 bridgehead atoms. The fourth-order valence-corrected chi connectivity index (χ4v) is 5.13. The fourth-order valence-electron chi connectivity index (χ4n) is 4.46. The maximum absolute atomic E-state index is 14.0.